The highest BCUT2D eigenvalue weighted by atomic mass is 35.5. The van der Waals surface area contributed by atoms with Gasteiger partial charge in [0.1, 0.15) is 0 Å². The van der Waals surface area contributed by atoms with Gasteiger partial charge in [-0.1, -0.05) is 6.07 Å². The summed E-state index contributed by atoms with van der Waals surface area (Å²) in [6.07, 6.45) is 4.93. The van der Waals surface area contributed by atoms with E-state index >= 15 is 0 Å². The second kappa shape index (κ2) is 8.47. The van der Waals surface area contributed by atoms with Gasteiger partial charge in [0, 0.05) is 24.7 Å². The van der Waals surface area contributed by atoms with Gasteiger partial charge in [0.25, 0.3) is 5.91 Å². The van der Waals surface area contributed by atoms with Gasteiger partial charge in [-0.05, 0) is 74.9 Å². The first-order valence-electron chi connectivity index (χ1n) is 9.66. The molecule has 1 aliphatic carbocycles. The average molecular weight is 414 g/mol. The summed E-state index contributed by atoms with van der Waals surface area (Å²) in [5.74, 6) is -0.0477. The molecule has 3 aliphatic rings. The van der Waals surface area contributed by atoms with Crippen LogP contribution in [0.3, 0.4) is 0 Å². The van der Waals surface area contributed by atoms with Crippen molar-refractivity contribution in [1.82, 2.24) is 14.9 Å². The molecule has 0 atom stereocenters. The number of carbonyl (C=O) groups is 1. The Hall–Kier alpha value is -1.15. The highest BCUT2D eigenvalue weighted by Crippen LogP contribution is 2.32. The lowest BCUT2D eigenvalue weighted by atomic mass is 9.99. The fourth-order valence-electron chi connectivity index (χ4n) is 3.91. The van der Waals surface area contributed by atoms with Crippen molar-refractivity contribution in [3.05, 3.63) is 34.9 Å². The summed E-state index contributed by atoms with van der Waals surface area (Å²) in [4.78, 5) is 12.6. The Morgan fingerprint density at radius 1 is 1.04 bits per heavy atom. The molecule has 6 nitrogen and oxygen atoms in total. The summed E-state index contributed by atoms with van der Waals surface area (Å²) in [5, 5.41) is 6.33. The molecule has 1 aromatic rings. The number of carbonyl (C=O) groups excluding carboxylic acids is 1. The Bertz CT molecular complexity index is 787. The molecule has 2 aliphatic heterocycles. The van der Waals surface area contributed by atoms with E-state index < -0.39 is 10.0 Å². The van der Waals surface area contributed by atoms with Crippen molar-refractivity contribution in [2.45, 2.75) is 49.8 Å². The van der Waals surface area contributed by atoms with Gasteiger partial charge in [0.2, 0.25) is 10.0 Å². The van der Waals surface area contributed by atoms with E-state index in [-0.39, 0.29) is 29.6 Å². The standard InChI is InChI=1S/C19H27N3O3S.ClH/c23-19(16-2-1-14-5-9-20-10-6-15(14)13-16)21-17-7-11-22(12-8-17)26(24,25)18-3-4-18;/h1-2,13,17-18,20H,3-12H2,(H,21,23);1H. The van der Waals surface area contributed by atoms with Crippen LogP contribution in [0.4, 0.5) is 0 Å². The number of rotatable bonds is 4. The number of hydrogen-bond acceptors (Lipinski definition) is 4. The Balaban J connectivity index is 0.00000210. The molecular formula is C19H28ClN3O3S. The van der Waals surface area contributed by atoms with Crippen molar-refractivity contribution in [1.29, 1.82) is 0 Å². The van der Waals surface area contributed by atoms with E-state index in [1.165, 1.54) is 11.1 Å². The van der Waals surface area contributed by atoms with Crippen LogP contribution in [0.2, 0.25) is 0 Å². The Morgan fingerprint density at radius 3 is 2.37 bits per heavy atom. The molecule has 2 N–H and O–H groups in total. The lowest BCUT2D eigenvalue weighted by Crippen LogP contribution is -2.47. The topological polar surface area (TPSA) is 78.5 Å². The molecule has 0 unspecified atom stereocenters. The lowest BCUT2D eigenvalue weighted by molar-refractivity contribution is 0.0923. The van der Waals surface area contributed by atoms with Crippen LogP contribution in [-0.2, 0) is 22.9 Å². The van der Waals surface area contributed by atoms with Crippen LogP contribution < -0.4 is 10.6 Å². The minimum Gasteiger partial charge on any atom is -0.349 e. The van der Waals surface area contributed by atoms with Crippen LogP contribution in [0.5, 0.6) is 0 Å². The molecule has 4 rings (SSSR count). The molecule has 2 fully saturated rings. The number of halogens is 1. The maximum atomic E-state index is 12.6. The van der Waals surface area contributed by atoms with Gasteiger partial charge in [-0.15, -0.1) is 12.4 Å². The number of fused-ring (bicyclic) bond motifs is 1. The molecule has 0 aromatic heterocycles. The van der Waals surface area contributed by atoms with E-state index in [0.29, 0.717) is 31.5 Å². The normalized spacial score (nSPS) is 21.6. The fraction of sp³-hybridized carbons (Fsp3) is 0.632. The Labute approximate surface area is 167 Å². The third kappa shape index (κ3) is 4.65. The summed E-state index contributed by atoms with van der Waals surface area (Å²) in [5.41, 5.74) is 3.29. The number of nitrogens with zero attached hydrogens (tertiary/aromatic N) is 1. The predicted octanol–water partition coefficient (Wildman–Crippen LogP) is 1.48. The first-order valence-corrected chi connectivity index (χ1v) is 11.2. The highest BCUT2D eigenvalue weighted by Gasteiger charge is 2.41. The average Bonchev–Trinajstić information content (AvgIpc) is 3.49. The van der Waals surface area contributed by atoms with Crippen molar-refractivity contribution in [2.24, 2.45) is 0 Å². The van der Waals surface area contributed by atoms with Gasteiger partial charge >= 0.3 is 0 Å². The molecule has 1 aromatic carbocycles. The van der Waals surface area contributed by atoms with Crippen LogP contribution in [0.1, 0.15) is 47.2 Å². The van der Waals surface area contributed by atoms with E-state index in [2.05, 4.69) is 16.7 Å². The van der Waals surface area contributed by atoms with Gasteiger partial charge in [0.05, 0.1) is 5.25 Å². The first kappa shape index (κ1) is 20.6. The summed E-state index contributed by atoms with van der Waals surface area (Å²) >= 11 is 0. The third-order valence-corrected chi connectivity index (χ3v) is 8.10. The second-order valence-corrected chi connectivity index (χ2v) is 9.84. The van der Waals surface area contributed by atoms with E-state index in [4.69, 9.17) is 0 Å². The zero-order valence-corrected chi connectivity index (χ0v) is 17.1. The molecule has 0 radical (unpaired) electrons. The van der Waals surface area contributed by atoms with Crippen molar-refractivity contribution in [2.75, 3.05) is 26.2 Å². The number of nitrogens with one attached hydrogen (secondary N) is 2. The van der Waals surface area contributed by atoms with Gasteiger partial charge in [-0.2, -0.15) is 0 Å². The van der Waals surface area contributed by atoms with Crippen LogP contribution in [-0.4, -0.2) is 56.1 Å². The molecule has 1 amide bonds. The van der Waals surface area contributed by atoms with Crippen molar-refractivity contribution < 1.29 is 13.2 Å². The SMILES string of the molecule is Cl.O=C(NC1CCN(S(=O)(=O)C2CC2)CC1)c1ccc2c(c1)CCNCC2. The summed E-state index contributed by atoms with van der Waals surface area (Å²) in [6.45, 7) is 2.96. The maximum absolute atomic E-state index is 12.6. The molecule has 1 saturated heterocycles. The zero-order valence-electron chi connectivity index (χ0n) is 15.4. The van der Waals surface area contributed by atoms with E-state index in [1.54, 1.807) is 4.31 Å². The van der Waals surface area contributed by atoms with Crippen LogP contribution in [0.15, 0.2) is 18.2 Å². The number of hydrogen-bond donors (Lipinski definition) is 2. The van der Waals surface area contributed by atoms with E-state index in [9.17, 15) is 13.2 Å². The monoisotopic (exact) mass is 413 g/mol. The molecule has 0 bridgehead atoms. The molecule has 1 saturated carbocycles. The zero-order chi connectivity index (χ0) is 18.1. The van der Waals surface area contributed by atoms with Crippen molar-refractivity contribution in [3.8, 4) is 0 Å². The minimum absolute atomic E-state index is 0. The molecule has 27 heavy (non-hydrogen) atoms. The predicted molar refractivity (Wildman–Crippen MR) is 108 cm³/mol. The summed E-state index contributed by atoms with van der Waals surface area (Å²) < 4.78 is 26.2. The third-order valence-electron chi connectivity index (χ3n) is 5.71. The Morgan fingerprint density at radius 2 is 1.70 bits per heavy atom. The smallest absolute Gasteiger partial charge is 0.251 e. The van der Waals surface area contributed by atoms with Gasteiger partial charge in [0.15, 0.2) is 0 Å². The van der Waals surface area contributed by atoms with Crippen LogP contribution in [0, 0.1) is 0 Å². The molecule has 150 valence electrons. The van der Waals surface area contributed by atoms with Gasteiger partial charge < -0.3 is 10.6 Å². The Kier molecular flexibility index (Phi) is 6.46. The fourth-order valence-corrected chi connectivity index (χ4v) is 5.79. The van der Waals surface area contributed by atoms with E-state index in [0.717, 1.165) is 38.8 Å². The maximum Gasteiger partial charge on any atom is 0.251 e. The second-order valence-electron chi connectivity index (χ2n) is 7.62. The summed E-state index contributed by atoms with van der Waals surface area (Å²) in [6, 6.07) is 6.05. The van der Waals surface area contributed by atoms with Crippen LogP contribution >= 0.6 is 12.4 Å². The number of sulfonamides is 1. The minimum atomic E-state index is -3.09. The molecule has 0 spiro atoms. The van der Waals surface area contributed by atoms with Gasteiger partial charge in [-0.25, -0.2) is 12.7 Å². The first-order chi connectivity index (χ1) is 12.5. The highest BCUT2D eigenvalue weighted by molar-refractivity contribution is 7.90. The van der Waals surface area contributed by atoms with Crippen LogP contribution in [0.25, 0.3) is 0 Å². The van der Waals surface area contributed by atoms with E-state index in [1.807, 2.05) is 12.1 Å². The molecule has 8 heteroatoms. The largest absolute Gasteiger partial charge is 0.349 e. The molecule has 2 heterocycles. The number of piperidine rings is 1. The quantitative estimate of drug-likeness (QED) is 0.783. The van der Waals surface area contributed by atoms with Gasteiger partial charge in [-0.3, -0.25) is 4.79 Å². The van der Waals surface area contributed by atoms with Crippen molar-refractivity contribution in [3.63, 3.8) is 0 Å². The number of amides is 1. The number of benzene rings is 1. The van der Waals surface area contributed by atoms with Crippen molar-refractivity contribution >= 4 is 28.3 Å². The lowest BCUT2D eigenvalue weighted by Gasteiger charge is -2.31. The summed E-state index contributed by atoms with van der Waals surface area (Å²) in [7, 11) is -3.09. The molecular weight excluding hydrogens is 386 g/mol.